The molecule has 1 aliphatic rings. The van der Waals surface area contributed by atoms with Crippen LogP contribution in [0.15, 0.2) is 59.7 Å². The third-order valence-electron chi connectivity index (χ3n) is 3.42. The first-order chi connectivity index (χ1) is 10.3. The average molecular weight is 295 g/mol. The number of benzene rings is 2. The summed E-state index contributed by atoms with van der Waals surface area (Å²) in [5.74, 6) is 0.782. The van der Waals surface area contributed by atoms with Crippen molar-refractivity contribution in [1.82, 2.24) is 10.2 Å². The summed E-state index contributed by atoms with van der Waals surface area (Å²) in [6, 6.07) is 15.7. The summed E-state index contributed by atoms with van der Waals surface area (Å²) in [7, 11) is 0. The molecular formula is C16H11ClN4. The van der Waals surface area contributed by atoms with Gasteiger partial charge in [-0.05, 0) is 12.1 Å². The predicted octanol–water partition coefficient (Wildman–Crippen LogP) is 4.29. The monoisotopic (exact) mass is 294 g/mol. The Hall–Kier alpha value is -2.59. The quantitative estimate of drug-likeness (QED) is 0.550. The van der Waals surface area contributed by atoms with Crippen molar-refractivity contribution >= 4 is 34.5 Å². The standard InChI is InChI=1S/C16H11ClN4/c17-12-7-3-1-5-10(12)15-11-6-2-4-8-13(11)20-16-14(19-15)9-18-21-16/h1-9H,(H2,18,20,21). The lowest BCUT2D eigenvalue weighted by Crippen LogP contribution is -2.05. The Kier molecular flexibility index (Phi) is 2.75. The highest BCUT2D eigenvalue weighted by molar-refractivity contribution is 6.36. The minimum Gasteiger partial charge on any atom is -0.338 e. The SMILES string of the molecule is Clc1ccccc1C1=Nc2cn[nH]c2Nc2ccccc21. The van der Waals surface area contributed by atoms with Crippen molar-refractivity contribution in [2.45, 2.75) is 0 Å². The Balaban J connectivity index is 2.02. The molecule has 0 spiro atoms. The molecule has 0 amide bonds. The number of fused-ring (bicyclic) bond motifs is 2. The van der Waals surface area contributed by atoms with E-state index in [-0.39, 0.29) is 0 Å². The Bertz CT molecular complexity index is 851. The number of para-hydroxylation sites is 1. The van der Waals surface area contributed by atoms with Crippen LogP contribution in [0.2, 0.25) is 5.02 Å². The zero-order valence-corrected chi connectivity index (χ0v) is 11.7. The van der Waals surface area contributed by atoms with Crippen LogP contribution in [0.1, 0.15) is 11.1 Å². The van der Waals surface area contributed by atoms with Gasteiger partial charge < -0.3 is 5.32 Å². The molecule has 4 nitrogen and oxygen atoms in total. The summed E-state index contributed by atoms with van der Waals surface area (Å²) < 4.78 is 0. The molecule has 1 aliphatic heterocycles. The van der Waals surface area contributed by atoms with Gasteiger partial charge in [-0.3, -0.25) is 5.10 Å². The second kappa shape index (κ2) is 4.75. The van der Waals surface area contributed by atoms with E-state index in [9.17, 15) is 0 Å². The zero-order chi connectivity index (χ0) is 14.2. The van der Waals surface area contributed by atoms with Crippen LogP contribution in [-0.4, -0.2) is 15.9 Å². The first-order valence-electron chi connectivity index (χ1n) is 6.56. The van der Waals surface area contributed by atoms with Gasteiger partial charge in [-0.15, -0.1) is 0 Å². The Labute approximate surface area is 126 Å². The smallest absolute Gasteiger partial charge is 0.152 e. The predicted molar refractivity (Wildman–Crippen MR) is 85.1 cm³/mol. The first kappa shape index (κ1) is 12.2. The number of nitrogens with one attached hydrogen (secondary N) is 2. The van der Waals surface area contributed by atoms with Gasteiger partial charge in [-0.25, -0.2) is 4.99 Å². The Morgan fingerprint density at radius 1 is 0.905 bits per heavy atom. The number of halogens is 1. The number of aromatic amines is 1. The van der Waals surface area contributed by atoms with Crippen LogP contribution in [0.3, 0.4) is 0 Å². The molecule has 0 saturated heterocycles. The lowest BCUT2D eigenvalue weighted by atomic mass is 10.0. The number of anilines is 2. The van der Waals surface area contributed by atoms with E-state index in [1.807, 2.05) is 48.5 Å². The normalized spacial score (nSPS) is 12.7. The summed E-state index contributed by atoms with van der Waals surface area (Å²) in [4.78, 5) is 4.75. The highest BCUT2D eigenvalue weighted by Crippen LogP contribution is 2.34. The fourth-order valence-corrected chi connectivity index (χ4v) is 2.65. The Morgan fingerprint density at radius 3 is 2.52 bits per heavy atom. The second-order valence-electron chi connectivity index (χ2n) is 4.74. The van der Waals surface area contributed by atoms with Crippen molar-refractivity contribution in [3.63, 3.8) is 0 Å². The van der Waals surface area contributed by atoms with Crippen LogP contribution in [0.4, 0.5) is 17.2 Å². The summed E-state index contributed by atoms with van der Waals surface area (Å²) in [6.07, 6.45) is 1.70. The molecule has 5 heteroatoms. The van der Waals surface area contributed by atoms with Gasteiger partial charge in [-0.1, -0.05) is 48.0 Å². The van der Waals surface area contributed by atoms with E-state index in [1.165, 1.54) is 0 Å². The molecule has 0 radical (unpaired) electrons. The molecular weight excluding hydrogens is 284 g/mol. The molecule has 2 heterocycles. The summed E-state index contributed by atoms with van der Waals surface area (Å²) in [5, 5.41) is 11.0. The fraction of sp³-hybridized carbons (Fsp3) is 0. The number of nitrogens with zero attached hydrogens (tertiary/aromatic N) is 2. The van der Waals surface area contributed by atoms with E-state index in [4.69, 9.17) is 16.6 Å². The number of aliphatic imine (C=N–C) groups is 1. The molecule has 2 N–H and O–H groups in total. The van der Waals surface area contributed by atoms with Crippen molar-refractivity contribution in [3.05, 3.63) is 70.9 Å². The molecule has 1 aromatic heterocycles. The molecule has 4 rings (SSSR count). The van der Waals surface area contributed by atoms with Crippen molar-refractivity contribution in [2.75, 3.05) is 5.32 Å². The maximum absolute atomic E-state index is 6.35. The third kappa shape index (κ3) is 2.00. The van der Waals surface area contributed by atoms with Gasteiger partial charge in [0.05, 0.1) is 11.9 Å². The number of hydrogen-bond acceptors (Lipinski definition) is 3. The molecule has 21 heavy (non-hydrogen) atoms. The van der Waals surface area contributed by atoms with Crippen LogP contribution in [0, 0.1) is 0 Å². The maximum Gasteiger partial charge on any atom is 0.152 e. The van der Waals surface area contributed by atoms with Crippen molar-refractivity contribution < 1.29 is 0 Å². The van der Waals surface area contributed by atoms with Crippen molar-refractivity contribution in [1.29, 1.82) is 0 Å². The van der Waals surface area contributed by atoms with E-state index >= 15 is 0 Å². The van der Waals surface area contributed by atoms with E-state index in [0.29, 0.717) is 5.02 Å². The van der Waals surface area contributed by atoms with E-state index in [1.54, 1.807) is 6.20 Å². The summed E-state index contributed by atoms with van der Waals surface area (Å²) in [5.41, 5.74) is 4.49. The van der Waals surface area contributed by atoms with E-state index in [2.05, 4.69) is 15.5 Å². The largest absolute Gasteiger partial charge is 0.338 e. The van der Waals surface area contributed by atoms with Gasteiger partial charge >= 0.3 is 0 Å². The van der Waals surface area contributed by atoms with Crippen LogP contribution >= 0.6 is 11.6 Å². The van der Waals surface area contributed by atoms with Gasteiger partial charge in [0.25, 0.3) is 0 Å². The minimum atomic E-state index is 0.679. The van der Waals surface area contributed by atoms with Gasteiger partial charge in [0.1, 0.15) is 5.69 Å². The van der Waals surface area contributed by atoms with E-state index in [0.717, 1.165) is 34.0 Å². The molecule has 102 valence electrons. The van der Waals surface area contributed by atoms with Crippen molar-refractivity contribution in [3.8, 4) is 0 Å². The lowest BCUT2D eigenvalue weighted by molar-refractivity contribution is 1.09. The summed E-state index contributed by atoms with van der Waals surface area (Å²) >= 11 is 6.35. The highest BCUT2D eigenvalue weighted by atomic mass is 35.5. The van der Waals surface area contributed by atoms with Crippen LogP contribution < -0.4 is 5.32 Å². The number of hydrogen-bond donors (Lipinski definition) is 2. The number of H-pyrrole nitrogens is 1. The highest BCUT2D eigenvalue weighted by Gasteiger charge is 2.19. The average Bonchev–Trinajstić information content (AvgIpc) is 2.87. The van der Waals surface area contributed by atoms with Gasteiger partial charge in [-0.2, -0.15) is 5.10 Å². The summed E-state index contributed by atoms with van der Waals surface area (Å²) in [6.45, 7) is 0. The molecule has 0 unspecified atom stereocenters. The third-order valence-corrected chi connectivity index (χ3v) is 3.75. The second-order valence-corrected chi connectivity index (χ2v) is 5.15. The Morgan fingerprint density at radius 2 is 1.67 bits per heavy atom. The van der Waals surface area contributed by atoms with Crippen LogP contribution in [-0.2, 0) is 0 Å². The topological polar surface area (TPSA) is 53.1 Å². The maximum atomic E-state index is 6.35. The van der Waals surface area contributed by atoms with Crippen LogP contribution in [0.5, 0.6) is 0 Å². The molecule has 0 atom stereocenters. The fourth-order valence-electron chi connectivity index (χ4n) is 2.43. The van der Waals surface area contributed by atoms with Gasteiger partial charge in [0, 0.05) is 21.8 Å². The minimum absolute atomic E-state index is 0.679. The first-order valence-corrected chi connectivity index (χ1v) is 6.94. The van der Waals surface area contributed by atoms with Crippen molar-refractivity contribution in [2.24, 2.45) is 4.99 Å². The van der Waals surface area contributed by atoms with Gasteiger partial charge in [0.15, 0.2) is 5.82 Å². The molecule has 0 saturated carbocycles. The lowest BCUT2D eigenvalue weighted by Gasteiger charge is -2.11. The van der Waals surface area contributed by atoms with E-state index < -0.39 is 0 Å². The molecule has 0 aliphatic carbocycles. The molecule has 0 bridgehead atoms. The van der Waals surface area contributed by atoms with Crippen LogP contribution in [0.25, 0.3) is 0 Å². The van der Waals surface area contributed by atoms with Gasteiger partial charge in [0.2, 0.25) is 0 Å². The molecule has 2 aromatic carbocycles. The molecule has 0 fully saturated rings. The number of rotatable bonds is 1. The number of aromatic nitrogens is 2. The zero-order valence-electron chi connectivity index (χ0n) is 11.0. The molecule has 3 aromatic rings.